The normalized spacial score (nSPS) is 16.8. The molecule has 0 saturated carbocycles. The fourth-order valence-corrected chi connectivity index (χ4v) is 3.05. The average molecular weight is 342 g/mol. The number of likely N-dealkylation sites (tertiary alicyclic amines) is 1. The number of carbonyl (C=O) groups is 2. The number of nitrogens with one attached hydrogen (secondary N) is 1. The van der Waals surface area contributed by atoms with Crippen molar-refractivity contribution in [3.8, 4) is 0 Å². The lowest BCUT2D eigenvalue weighted by Crippen LogP contribution is -2.29. The highest BCUT2D eigenvalue weighted by atomic mass is 16.2. The van der Waals surface area contributed by atoms with Crippen LogP contribution in [0.5, 0.6) is 0 Å². The van der Waals surface area contributed by atoms with Gasteiger partial charge in [-0.3, -0.25) is 19.6 Å². The van der Waals surface area contributed by atoms with E-state index < -0.39 is 0 Å². The van der Waals surface area contributed by atoms with Gasteiger partial charge in [0.25, 0.3) is 0 Å². The van der Waals surface area contributed by atoms with E-state index in [0.29, 0.717) is 25.2 Å². The topological polar surface area (TPSA) is 93.0 Å². The van der Waals surface area contributed by atoms with E-state index in [0.717, 1.165) is 25.1 Å². The number of aryl methyl sites for hydroxylation is 1. The number of amides is 2. The minimum atomic E-state index is -0.0490. The zero-order chi connectivity index (χ0) is 17.6. The van der Waals surface area contributed by atoms with Crippen molar-refractivity contribution in [1.29, 1.82) is 0 Å². The molecule has 1 fully saturated rings. The largest absolute Gasteiger partial charge is 0.350 e. The molecule has 1 aliphatic rings. The van der Waals surface area contributed by atoms with E-state index in [-0.39, 0.29) is 17.9 Å². The molecule has 1 atom stereocenters. The smallest absolute Gasteiger partial charge is 0.222 e. The molecule has 3 heterocycles. The Morgan fingerprint density at radius 3 is 2.96 bits per heavy atom. The van der Waals surface area contributed by atoms with Crippen molar-refractivity contribution < 1.29 is 9.59 Å². The molecule has 0 spiro atoms. The molecule has 1 aliphatic heterocycles. The zero-order valence-electron chi connectivity index (χ0n) is 14.3. The summed E-state index contributed by atoms with van der Waals surface area (Å²) in [4.78, 5) is 38.2. The maximum absolute atomic E-state index is 11.9. The number of nitrogens with zero attached hydrogens (tertiary/aromatic N) is 5. The second kappa shape index (κ2) is 7.87. The van der Waals surface area contributed by atoms with Crippen molar-refractivity contribution in [2.75, 3.05) is 6.54 Å². The van der Waals surface area contributed by atoms with Gasteiger partial charge in [-0.05, 0) is 12.8 Å². The maximum atomic E-state index is 11.9. The summed E-state index contributed by atoms with van der Waals surface area (Å²) < 4.78 is 1.86. The molecule has 0 radical (unpaired) electrons. The van der Waals surface area contributed by atoms with Gasteiger partial charge in [0.1, 0.15) is 0 Å². The lowest BCUT2D eigenvalue weighted by Gasteiger charge is -2.22. The first-order valence-corrected chi connectivity index (χ1v) is 8.44. The van der Waals surface area contributed by atoms with Gasteiger partial charge in [-0.1, -0.05) is 0 Å². The van der Waals surface area contributed by atoms with E-state index in [1.165, 1.54) is 0 Å². The van der Waals surface area contributed by atoms with Gasteiger partial charge in [-0.2, -0.15) is 0 Å². The summed E-state index contributed by atoms with van der Waals surface area (Å²) in [6, 6.07) is -0.0121. The monoisotopic (exact) mass is 342 g/mol. The van der Waals surface area contributed by atoms with Crippen LogP contribution < -0.4 is 5.32 Å². The molecular formula is C17H22N6O2. The van der Waals surface area contributed by atoms with E-state index in [4.69, 9.17) is 0 Å². The molecule has 132 valence electrons. The Bertz CT molecular complexity index is 730. The highest BCUT2D eigenvalue weighted by molar-refractivity contribution is 5.75. The lowest BCUT2D eigenvalue weighted by atomic mass is 10.1. The van der Waals surface area contributed by atoms with Crippen LogP contribution in [-0.4, -0.2) is 42.8 Å². The van der Waals surface area contributed by atoms with Crippen LogP contribution in [0.1, 0.15) is 43.6 Å². The van der Waals surface area contributed by atoms with Crippen LogP contribution in [0, 0.1) is 0 Å². The van der Waals surface area contributed by atoms with Gasteiger partial charge in [-0.25, -0.2) is 4.98 Å². The third-order valence-corrected chi connectivity index (χ3v) is 4.32. The molecule has 8 nitrogen and oxygen atoms in total. The summed E-state index contributed by atoms with van der Waals surface area (Å²) >= 11 is 0. The highest BCUT2D eigenvalue weighted by Gasteiger charge is 2.29. The highest BCUT2D eigenvalue weighted by Crippen LogP contribution is 2.30. The van der Waals surface area contributed by atoms with Crippen molar-refractivity contribution in [2.45, 2.75) is 45.3 Å². The third-order valence-electron chi connectivity index (χ3n) is 4.32. The van der Waals surface area contributed by atoms with Gasteiger partial charge < -0.3 is 14.8 Å². The second-order valence-corrected chi connectivity index (χ2v) is 6.13. The van der Waals surface area contributed by atoms with Gasteiger partial charge in [0.2, 0.25) is 11.8 Å². The number of carbonyl (C=O) groups excluding carboxylic acids is 2. The molecular weight excluding hydrogens is 320 g/mol. The molecule has 0 bridgehead atoms. The van der Waals surface area contributed by atoms with Crippen molar-refractivity contribution in [2.24, 2.45) is 0 Å². The molecule has 0 aromatic carbocycles. The fraction of sp³-hybridized carbons (Fsp3) is 0.471. The van der Waals surface area contributed by atoms with Gasteiger partial charge >= 0.3 is 0 Å². The van der Waals surface area contributed by atoms with Gasteiger partial charge in [0.15, 0.2) is 0 Å². The molecule has 3 rings (SSSR count). The minimum absolute atomic E-state index is 0.0121. The number of rotatable bonds is 6. The van der Waals surface area contributed by atoms with E-state index >= 15 is 0 Å². The fourth-order valence-electron chi connectivity index (χ4n) is 3.05. The second-order valence-electron chi connectivity index (χ2n) is 6.13. The van der Waals surface area contributed by atoms with Crippen molar-refractivity contribution in [3.63, 3.8) is 0 Å². The van der Waals surface area contributed by atoms with Crippen LogP contribution >= 0.6 is 0 Å². The first-order valence-electron chi connectivity index (χ1n) is 8.44. The Morgan fingerprint density at radius 2 is 2.20 bits per heavy atom. The Morgan fingerprint density at radius 1 is 1.32 bits per heavy atom. The van der Waals surface area contributed by atoms with Crippen LogP contribution in [0.15, 0.2) is 31.1 Å². The lowest BCUT2D eigenvalue weighted by molar-refractivity contribution is -0.129. The molecule has 8 heteroatoms. The predicted molar refractivity (Wildman–Crippen MR) is 90.1 cm³/mol. The third kappa shape index (κ3) is 4.40. The molecule has 2 aromatic heterocycles. The first-order chi connectivity index (χ1) is 12.1. The number of hydrogen-bond acceptors (Lipinski definition) is 5. The van der Waals surface area contributed by atoms with E-state index in [1.54, 1.807) is 31.8 Å². The molecule has 0 unspecified atom stereocenters. The summed E-state index contributed by atoms with van der Waals surface area (Å²) in [5.74, 6) is 0.00893. The molecule has 0 aliphatic carbocycles. The van der Waals surface area contributed by atoms with Crippen LogP contribution in [-0.2, 0) is 22.7 Å². The Balaban J connectivity index is 1.54. The predicted octanol–water partition coefficient (Wildman–Crippen LogP) is 1.06. The SMILES string of the molecule is CC(=O)N1CCC[C@@H]1c1cncc(CNC(=O)CCn2ccnc2)n1. The van der Waals surface area contributed by atoms with Crippen LogP contribution in [0.3, 0.4) is 0 Å². The molecule has 1 N–H and O–H groups in total. The van der Waals surface area contributed by atoms with Crippen molar-refractivity contribution in [1.82, 2.24) is 29.7 Å². The molecule has 25 heavy (non-hydrogen) atoms. The Hall–Kier alpha value is -2.77. The molecule has 1 saturated heterocycles. The number of hydrogen-bond donors (Lipinski definition) is 1. The average Bonchev–Trinajstić information content (AvgIpc) is 3.29. The Kier molecular flexibility index (Phi) is 5.37. The minimum Gasteiger partial charge on any atom is -0.350 e. The van der Waals surface area contributed by atoms with Gasteiger partial charge in [-0.15, -0.1) is 0 Å². The molecule has 2 amide bonds. The van der Waals surface area contributed by atoms with Gasteiger partial charge in [0, 0.05) is 38.8 Å². The van der Waals surface area contributed by atoms with Crippen LogP contribution in [0.4, 0.5) is 0 Å². The quantitative estimate of drug-likeness (QED) is 0.847. The number of imidazole rings is 1. The maximum Gasteiger partial charge on any atom is 0.222 e. The summed E-state index contributed by atoms with van der Waals surface area (Å²) in [6.07, 6.45) is 10.8. The summed E-state index contributed by atoms with van der Waals surface area (Å²) in [5, 5.41) is 2.86. The first kappa shape index (κ1) is 17.1. The summed E-state index contributed by atoms with van der Waals surface area (Å²) in [6.45, 7) is 3.26. The van der Waals surface area contributed by atoms with Crippen molar-refractivity contribution >= 4 is 11.8 Å². The van der Waals surface area contributed by atoms with Gasteiger partial charge in [0.05, 0.1) is 42.7 Å². The van der Waals surface area contributed by atoms with E-state index in [9.17, 15) is 9.59 Å². The van der Waals surface area contributed by atoms with E-state index in [2.05, 4.69) is 20.3 Å². The van der Waals surface area contributed by atoms with Crippen LogP contribution in [0.2, 0.25) is 0 Å². The molecule has 2 aromatic rings. The number of aromatic nitrogens is 4. The van der Waals surface area contributed by atoms with E-state index in [1.807, 2.05) is 15.7 Å². The summed E-state index contributed by atoms with van der Waals surface area (Å²) in [5.41, 5.74) is 1.49. The Labute approximate surface area is 146 Å². The standard InChI is InChI=1S/C17H22N6O2/c1-13(24)23-6-2-3-16(23)15-11-19-9-14(21-15)10-20-17(25)4-7-22-8-5-18-12-22/h5,8-9,11-12,16H,2-4,6-7,10H2,1H3,(H,20,25)/t16-/m1/s1. The van der Waals surface area contributed by atoms with Crippen LogP contribution in [0.25, 0.3) is 0 Å². The zero-order valence-corrected chi connectivity index (χ0v) is 14.3. The summed E-state index contributed by atoms with van der Waals surface area (Å²) in [7, 11) is 0. The van der Waals surface area contributed by atoms with Crippen molar-refractivity contribution in [3.05, 3.63) is 42.5 Å².